The van der Waals surface area contributed by atoms with Crippen LogP contribution < -0.4 is 5.32 Å². The van der Waals surface area contributed by atoms with E-state index in [1.165, 1.54) is 22.0 Å². The summed E-state index contributed by atoms with van der Waals surface area (Å²) >= 11 is 0. The summed E-state index contributed by atoms with van der Waals surface area (Å²) in [6, 6.07) is 13.8. The summed E-state index contributed by atoms with van der Waals surface area (Å²) in [6.45, 7) is 7.77. The molecule has 1 saturated heterocycles. The normalized spacial score (nSPS) is 16.0. The van der Waals surface area contributed by atoms with Crippen molar-refractivity contribution in [3.63, 3.8) is 0 Å². The largest absolute Gasteiger partial charge is 0.379 e. The summed E-state index contributed by atoms with van der Waals surface area (Å²) in [6.07, 6.45) is 0. The maximum atomic E-state index is 12.8. The highest BCUT2D eigenvalue weighted by molar-refractivity contribution is 7.89. The third-order valence-electron chi connectivity index (χ3n) is 4.71. The Morgan fingerprint density at radius 1 is 1.04 bits per heavy atom. The molecule has 1 aliphatic rings. The van der Waals surface area contributed by atoms with Crippen molar-refractivity contribution < 1.29 is 17.9 Å². The Morgan fingerprint density at radius 2 is 1.68 bits per heavy atom. The molecule has 1 N–H and O–H groups in total. The van der Waals surface area contributed by atoms with Crippen LogP contribution in [0.1, 0.15) is 36.7 Å². The SMILES string of the molecule is CC(C)(C)c1ccc(NC(=O)c2cccc(S(=O)(=O)N3CCOCC3)c2)cc1. The predicted octanol–water partition coefficient (Wildman–Crippen LogP) is 3.26. The minimum atomic E-state index is -3.64. The van der Waals surface area contributed by atoms with E-state index in [0.717, 1.165) is 0 Å². The van der Waals surface area contributed by atoms with Gasteiger partial charge in [0.05, 0.1) is 18.1 Å². The van der Waals surface area contributed by atoms with Gasteiger partial charge < -0.3 is 10.1 Å². The van der Waals surface area contributed by atoms with Crippen molar-refractivity contribution in [2.45, 2.75) is 31.1 Å². The molecular formula is C21H26N2O4S. The molecule has 1 aliphatic heterocycles. The molecule has 7 heteroatoms. The van der Waals surface area contributed by atoms with Gasteiger partial charge in [0, 0.05) is 24.3 Å². The van der Waals surface area contributed by atoms with Crippen LogP contribution in [0.2, 0.25) is 0 Å². The standard InChI is InChI=1S/C21H26N2O4S/c1-21(2,3)17-7-9-18(10-8-17)22-20(24)16-5-4-6-19(15-16)28(25,26)23-11-13-27-14-12-23/h4-10,15H,11-14H2,1-3H3,(H,22,24). The summed E-state index contributed by atoms with van der Waals surface area (Å²) in [5.41, 5.74) is 2.17. The van der Waals surface area contributed by atoms with Crippen LogP contribution in [0.5, 0.6) is 0 Å². The first-order chi connectivity index (χ1) is 13.2. The quantitative estimate of drug-likeness (QED) is 0.852. The van der Waals surface area contributed by atoms with E-state index in [0.29, 0.717) is 37.6 Å². The van der Waals surface area contributed by atoms with Gasteiger partial charge in [0.25, 0.3) is 5.91 Å². The number of ether oxygens (including phenoxy) is 1. The molecule has 1 amide bonds. The topological polar surface area (TPSA) is 75.7 Å². The molecule has 0 radical (unpaired) electrons. The van der Waals surface area contributed by atoms with E-state index in [2.05, 4.69) is 26.1 Å². The Balaban J connectivity index is 1.77. The fraction of sp³-hybridized carbons (Fsp3) is 0.381. The van der Waals surface area contributed by atoms with Crippen molar-refractivity contribution in [2.75, 3.05) is 31.6 Å². The molecule has 0 aliphatic carbocycles. The molecule has 0 bridgehead atoms. The molecule has 0 unspecified atom stereocenters. The maximum Gasteiger partial charge on any atom is 0.255 e. The van der Waals surface area contributed by atoms with E-state index in [1.807, 2.05) is 24.3 Å². The molecule has 1 heterocycles. The van der Waals surface area contributed by atoms with Gasteiger partial charge in [-0.2, -0.15) is 4.31 Å². The van der Waals surface area contributed by atoms with Gasteiger partial charge in [-0.3, -0.25) is 4.79 Å². The Labute approximate surface area is 166 Å². The minimum absolute atomic E-state index is 0.0325. The van der Waals surface area contributed by atoms with E-state index in [9.17, 15) is 13.2 Å². The maximum absolute atomic E-state index is 12.8. The number of nitrogens with zero attached hydrogens (tertiary/aromatic N) is 1. The van der Waals surface area contributed by atoms with Crippen LogP contribution in [0.25, 0.3) is 0 Å². The highest BCUT2D eigenvalue weighted by Gasteiger charge is 2.26. The molecule has 2 aromatic carbocycles. The number of amides is 1. The van der Waals surface area contributed by atoms with E-state index in [1.54, 1.807) is 12.1 Å². The zero-order chi connectivity index (χ0) is 20.4. The lowest BCUT2D eigenvalue weighted by Crippen LogP contribution is -2.40. The third kappa shape index (κ3) is 4.60. The lowest BCUT2D eigenvalue weighted by molar-refractivity contribution is 0.0730. The molecule has 2 aromatic rings. The van der Waals surface area contributed by atoms with Crippen LogP contribution in [0.3, 0.4) is 0 Å². The molecule has 1 fully saturated rings. The summed E-state index contributed by atoms with van der Waals surface area (Å²) in [4.78, 5) is 12.7. The van der Waals surface area contributed by atoms with Gasteiger partial charge in [-0.15, -0.1) is 0 Å². The van der Waals surface area contributed by atoms with Crippen molar-refractivity contribution in [1.29, 1.82) is 0 Å². The Kier molecular flexibility index (Phi) is 5.88. The summed E-state index contributed by atoms with van der Waals surface area (Å²) in [5, 5.41) is 2.83. The lowest BCUT2D eigenvalue weighted by atomic mass is 9.87. The van der Waals surface area contributed by atoms with Crippen LogP contribution in [0.4, 0.5) is 5.69 Å². The number of sulfonamides is 1. The first-order valence-electron chi connectivity index (χ1n) is 9.28. The average Bonchev–Trinajstić information content (AvgIpc) is 2.68. The summed E-state index contributed by atoms with van der Waals surface area (Å²) in [5.74, 6) is -0.345. The second kappa shape index (κ2) is 8.03. The second-order valence-corrected chi connectivity index (χ2v) is 9.76. The Bertz CT molecular complexity index is 941. The highest BCUT2D eigenvalue weighted by atomic mass is 32.2. The zero-order valence-corrected chi connectivity index (χ0v) is 17.3. The van der Waals surface area contributed by atoms with Gasteiger partial charge in [0.15, 0.2) is 0 Å². The van der Waals surface area contributed by atoms with Crippen molar-refractivity contribution >= 4 is 21.6 Å². The van der Waals surface area contributed by atoms with Crippen LogP contribution in [-0.4, -0.2) is 44.9 Å². The lowest BCUT2D eigenvalue weighted by Gasteiger charge is -2.26. The molecular weight excluding hydrogens is 376 g/mol. The number of anilines is 1. The van der Waals surface area contributed by atoms with Crippen LogP contribution in [0, 0.1) is 0 Å². The average molecular weight is 403 g/mol. The molecule has 0 saturated carbocycles. The Hall–Kier alpha value is -2.22. The van der Waals surface area contributed by atoms with Gasteiger partial charge in [-0.05, 0) is 41.3 Å². The number of morpholine rings is 1. The van der Waals surface area contributed by atoms with Gasteiger partial charge >= 0.3 is 0 Å². The highest BCUT2D eigenvalue weighted by Crippen LogP contribution is 2.24. The molecule has 150 valence electrons. The van der Waals surface area contributed by atoms with Crippen LogP contribution in [0.15, 0.2) is 53.4 Å². The van der Waals surface area contributed by atoms with Gasteiger partial charge in [0.1, 0.15) is 0 Å². The van der Waals surface area contributed by atoms with Crippen LogP contribution in [-0.2, 0) is 20.2 Å². The van der Waals surface area contributed by atoms with Gasteiger partial charge in [0.2, 0.25) is 10.0 Å². The number of hydrogen-bond donors (Lipinski definition) is 1. The van der Waals surface area contributed by atoms with E-state index in [-0.39, 0.29) is 16.2 Å². The molecule has 0 atom stereocenters. The smallest absolute Gasteiger partial charge is 0.255 e. The third-order valence-corrected chi connectivity index (χ3v) is 6.61. The van der Waals surface area contributed by atoms with Crippen molar-refractivity contribution in [1.82, 2.24) is 4.31 Å². The number of hydrogen-bond acceptors (Lipinski definition) is 4. The summed E-state index contributed by atoms with van der Waals surface area (Å²) in [7, 11) is -3.64. The van der Waals surface area contributed by atoms with Gasteiger partial charge in [-0.1, -0.05) is 39.0 Å². The van der Waals surface area contributed by atoms with Crippen molar-refractivity contribution in [3.8, 4) is 0 Å². The first kappa shape index (κ1) is 20.5. The van der Waals surface area contributed by atoms with Gasteiger partial charge in [-0.25, -0.2) is 8.42 Å². The molecule has 3 rings (SSSR count). The van der Waals surface area contributed by atoms with Crippen molar-refractivity contribution in [3.05, 3.63) is 59.7 Å². The number of benzene rings is 2. The number of carbonyl (C=O) groups excluding carboxylic acids is 1. The van der Waals surface area contributed by atoms with E-state index < -0.39 is 10.0 Å². The van der Waals surface area contributed by atoms with Crippen LogP contribution >= 0.6 is 0 Å². The van der Waals surface area contributed by atoms with Crippen molar-refractivity contribution in [2.24, 2.45) is 0 Å². The molecule has 6 nitrogen and oxygen atoms in total. The molecule has 28 heavy (non-hydrogen) atoms. The fourth-order valence-electron chi connectivity index (χ4n) is 2.99. The number of nitrogens with one attached hydrogen (secondary N) is 1. The predicted molar refractivity (Wildman–Crippen MR) is 109 cm³/mol. The van der Waals surface area contributed by atoms with E-state index in [4.69, 9.17) is 4.74 Å². The summed E-state index contributed by atoms with van der Waals surface area (Å²) < 4.78 is 32.2. The molecule has 0 spiro atoms. The Morgan fingerprint density at radius 3 is 2.29 bits per heavy atom. The number of carbonyl (C=O) groups is 1. The number of rotatable bonds is 4. The zero-order valence-electron chi connectivity index (χ0n) is 16.4. The van der Waals surface area contributed by atoms with E-state index >= 15 is 0 Å². The molecule has 0 aromatic heterocycles. The monoisotopic (exact) mass is 402 g/mol. The fourth-order valence-corrected chi connectivity index (χ4v) is 4.45. The second-order valence-electron chi connectivity index (χ2n) is 7.83. The first-order valence-corrected chi connectivity index (χ1v) is 10.7. The minimum Gasteiger partial charge on any atom is -0.379 e.